The minimum absolute atomic E-state index is 0.0118. The van der Waals surface area contributed by atoms with Gasteiger partial charge >= 0.3 is 5.97 Å². The molecule has 0 aliphatic carbocycles. The molecule has 0 radical (unpaired) electrons. The number of hydrogen-bond acceptors (Lipinski definition) is 4. The van der Waals surface area contributed by atoms with Gasteiger partial charge in [0, 0.05) is 17.5 Å². The summed E-state index contributed by atoms with van der Waals surface area (Å²) in [4.78, 5) is 15.8. The molecule has 0 bridgehead atoms. The second-order valence-corrected chi connectivity index (χ2v) is 5.13. The number of fused-ring (bicyclic) bond motifs is 1. The molecule has 3 aromatic rings. The third kappa shape index (κ3) is 2.90. The molecule has 0 aliphatic rings. The number of pyridine rings is 1. The summed E-state index contributed by atoms with van der Waals surface area (Å²) in [5, 5.41) is 9.33. The number of halogens is 3. The lowest BCUT2D eigenvalue weighted by molar-refractivity contribution is 0.0601. The first kappa shape index (κ1) is 16.5. The molecular formula is C18H9F3N2O2. The number of esters is 1. The number of ether oxygens (including phenoxy) is 1. The number of hydrogen-bond donors (Lipinski definition) is 0. The predicted molar refractivity (Wildman–Crippen MR) is 83.1 cm³/mol. The molecule has 0 amide bonds. The fourth-order valence-corrected chi connectivity index (χ4v) is 2.53. The van der Waals surface area contributed by atoms with Crippen molar-refractivity contribution in [2.24, 2.45) is 0 Å². The van der Waals surface area contributed by atoms with E-state index in [0.717, 1.165) is 0 Å². The molecule has 1 heterocycles. The van der Waals surface area contributed by atoms with E-state index in [1.54, 1.807) is 6.07 Å². The van der Waals surface area contributed by atoms with Crippen molar-refractivity contribution in [3.63, 3.8) is 0 Å². The van der Waals surface area contributed by atoms with Crippen LogP contribution in [-0.4, -0.2) is 18.1 Å². The highest BCUT2D eigenvalue weighted by Gasteiger charge is 2.19. The number of carbonyl (C=O) groups excluding carboxylic acids is 1. The van der Waals surface area contributed by atoms with Gasteiger partial charge in [0.15, 0.2) is 0 Å². The fourth-order valence-electron chi connectivity index (χ4n) is 2.53. The molecule has 0 N–H and O–H groups in total. The van der Waals surface area contributed by atoms with Gasteiger partial charge in [-0.2, -0.15) is 5.26 Å². The molecule has 0 aliphatic heterocycles. The highest BCUT2D eigenvalue weighted by molar-refractivity contribution is 6.00. The summed E-state index contributed by atoms with van der Waals surface area (Å²) in [5.74, 6) is -3.96. The first-order valence-corrected chi connectivity index (χ1v) is 7.02. The Balaban J connectivity index is 2.40. The summed E-state index contributed by atoms with van der Waals surface area (Å²) in [7, 11) is 1.20. The maximum absolute atomic E-state index is 14.2. The Morgan fingerprint density at radius 2 is 1.80 bits per heavy atom. The van der Waals surface area contributed by atoms with Gasteiger partial charge in [-0.25, -0.2) is 22.9 Å². The van der Waals surface area contributed by atoms with Crippen molar-refractivity contribution in [1.82, 2.24) is 4.98 Å². The highest BCUT2D eigenvalue weighted by Crippen LogP contribution is 2.33. The summed E-state index contributed by atoms with van der Waals surface area (Å²) in [6, 6.07) is 8.28. The zero-order valence-electron chi connectivity index (χ0n) is 12.8. The molecule has 7 heteroatoms. The molecule has 0 atom stereocenters. The van der Waals surface area contributed by atoms with E-state index in [2.05, 4.69) is 9.72 Å². The van der Waals surface area contributed by atoms with Crippen LogP contribution in [-0.2, 0) is 4.74 Å². The zero-order valence-corrected chi connectivity index (χ0v) is 12.8. The maximum atomic E-state index is 14.2. The number of rotatable bonds is 2. The van der Waals surface area contributed by atoms with E-state index in [-0.39, 0.29) is 27.7 Å². The Hall–Kier alpha value is -3.40. The maximum Gasteiger partial charge on any atom is 0.337 e. The quantitative estimate of drug-likeness (QED) is 0.661. The molecule has 1 aromatic heterocycles. The average Bonchev–Trinajstić information content (AvgIpc) is 2.59. The molecule has 0 unspecified atom stereocenters. The lowest BCUT2D eigenvalue weighted by atomic mass is 9.97. The van der Waals surface area contributed by atoms with Gasteiger partial charge in [-0.05, 0) is 29.8 Å². The van der Waals surface area contributed by atoms with E-state index in [9.17, 15) is 18.0 Å². The number of nitriles is 1. The lowest BCUT2D eigenvalue weighted by Crippen LogP contribution is -2.02. The van der Waals surface area contributed by atoms with Crippen LogP contribution in [0.5, 0.6) is 0 Å². The molecule has 124 valence electrons. The topological polar surface area (TPSA) is 63.0 Å². The van der Waals surface area contributed by atoms with Crippen LogP contribution in [0.3, 0.4) is 0 Å². The SMILES string of the molecule is COC(=O)c1ccc2nc(C#N)cc(-c3c(F)cc(F)cc3F)c2c1. The van der Waals surface area contributed by atoms with Crippen molar-refractivity contribution in [2.75, 3.05) is 7.11 Å². The van der Waals surface area contributed by atoms with E-state index in [1.165, 1.54) is 31.4 Å². The first-order chi connectivity index (χ1) is 11.9. The molecular weight excluding hydrogens is 333 g/mol. The van der Waals surface area contributed by atoms with Crippen molar-refractivity contribution >= 4 is 16.9 Å². The van der Waals surface area contributed by atoms with Gasteiger partial charge < -0.3 is 4.74 Å². The largest absolute Gasteiger partial charge is 0.465 e. The van der Waals surface area contributed by atoms with Crippen LogP contribution in [0.4, 0.5) is 13.2 Å². The summed E-state index contributed by atoms with van der Waals surface area (Å²) in [6.07, 6.45) is 0. The third-order valence-corrected chi connectivity index (χ3v) is 3.62. The van der Waals surface area contributed by atoms with Gasteiger partial charge in [0.2, 0.25) is 0 Å². The molecule has 25 heavy (non-hydrogen) atoms. The number of benzene rings is 2. The van der Waals surface area contributed by atoms with Gasteiger partial charge in [0.05, 0.1) is 23.8 Å². The second-order valence-electron chi connectivity index (χ2n) is 5.13. The molecule has 0 saturated heterocycles. The van der Waals surface area contributed by atoms with Crippen LogP contribution in [0, 0.1) is 28.8 Å². The Kier molecular flexibility index (Phi) is 4.11. The van der Waals surface area contributed by atoms with Crippen LogP contribution in [0.15, 0.2) is 36.4 Å². The predicted octanol–water partition coefficient (Wildman–Crippen LogP) is 3.98. The van der Waals surface area contributed by atoms with Gasteiger partial charge in [0.1, 0.15) is 29.2 Å². The lowest BCUT2D eigenvalue weighted by Gasteiger charge is -2.11. The Bertz CT molecular complexity index is 1040. The van der Waals surface area contributed by atoms with Crippen LogP contribution in [0.2, 0.25) is 0 Å². The molecule has 4 nitrogen and oxygen atoms in total. The third-order valence-electron chi connectivity index (χ3n) is 3.62. The Labute approximate surface area is 140 Å². The Morgan fingerprint density at radius 3 is 2.40 bits per heavy atom. The van der Waals surface area contributed by atoms with Gasteiger partial charge in [0.25, 0.3) is 0 Å². The van der Waals surface area contributed by atoms with E-state index in [0.29, 0.717) is 12.1 Å². The number of carbonyl (C=O) groups is 1. The standard InChI is InChI=1S/C18H9F3N2O2/c1-25-18(24)9-2-3-16-12(4-9)13(7-11(8-22)23-16)17-14(20)5-10(19)6-15(17)21/h2-7H,1H3. The van der Waals surface area contributed by atoms with Gasteiger partial charge in [-0.1, -0.05) is 0 Å². The van der Waals surface area contributed by atoms with Crippen LogP contribution < -0.4 is 0 Å². The van der Waals surface area contributed by atoms with Crippen molar-refractivity contribution in [3.8, 4) is 17.2 Å². The van der Waals surface area contributed by atoms with Crippen molar-refractivity contribution in [1.29, 1.82) is 5.26 Å². The molecule has 0 spiro atoms. The van der Waals surface area contributed by atoms with Crippen LogP contribution in [0.25, 0.3) is 22.0 Å². The summed E-state index contributed by atoms with van der Waals surface area (Å²) in [6.45, 7) is 0. The zero-order chi connectivity index (χ0) is 18.1. The molecule has 0 fully saturated rings. The van der Waals surface area contributed by atoms with Crippen LogP contribution >= 0.6 is 0 Å². The number of nitrogens with zero attached hydrogens (tertiary/aromatic N) is 2. The van der Waals surface area contributed by atoms with Crippen molar-refractivity contribution in [3.05, 3.63) is 65.1 Å². The van der Waals surface area contributed by atoms with Crippen molar-refractivity contribution in [2.45, 2.75) is 0 Å². The van der Waals surface area contributed by atoms with E-state index in [4.69, 9.17) is 5.26 Å². The second kappa shape index (κ2) is 6.24. The highest BCUT2D eigenvalue weighted by atomic mass is 19.1. The summed E-state index contributed by atoms with van der Waals surface area (Å²) < 4.78 is 46.2. The van der Waals surface area contributed by atoms with Gasteiger partial charge in [-0.3, -0.25) is 0 Å². The molecule has 2 aromatic carbocycles. The molecule has 0 saturated carbocycles. The molecule has 3 rings (SSSR count). The minimum atomic E-state index is -1.13. The monoisotopic (exact) mass is 342 g/mol. The van der Waals surface area contributed by atoms with E-state index < -0.39 is 29.0 Å². The van der Waals surface area contributed by atoms with E-state index >= 15 is 0 Å². The number of aromatic nitrogens is 1. The van der Waals surface area contributed by atoms with Gasteiger partial charge in [-0.15, -0.1) is 0 Å². The first-order valence-electron chi connectivity index (χ1n) is 7.02. The normalized spacial score (nSPS) is 10.5. The average molecular weight is 342 g/mol. The summed E-state index contributed by atoms with van der Waals surface area (Å²) >= 11 is 0. The smallest absolute Gasteiger partial charge is 0.337 e. The number of methoxy groups -OCH3 is 1. The minimum Gasteiger partial charge on any atom is -0.465 e. The Morgan fingerprint density at radius 1 is 1.12 bits per heavy atom. The van der Waals surface area contributed by atoms with E-state index in [1.807, 2.05) is 0 Å². The summed E-state index contributed by atoms with van der Waals surface area (Å²) in [5.41, 5.74) is -0.193. The fraction of sp³-hybridized carbons (Fsp3) is 0.0556. The van der Waals surface area contributed by atoms with Crippen molar-refractivity contribution < 1.29 is 22.7 Å². The van der Waals surface area contributed by atoms with Crippen LogP contribution in [0.1, 0.15) is 16.1 Å².